The highest BCUT2D eigenvalue weighted by Crippen LogP contribution is 2.66. The molecule has 2 saturated carbocycles. The van der Waals surface area contributed by atoms with Gasteiger partial charge in [0, 0.05) is 18.9 Å². The highest BCUT2D eigenvalue weighted by molar-refractivity contribution is 5.98. The van der Waals surface area contributed by atoms with Crippen LogP contribution >= 0.6 is 0 Å². The number of fused-ring (bicyclic) bond motifs is 5. The average molecular weight is 617 g/mol. The van der Waals surface area contributed by atoms with Crippen LogP contribution in [0.5, 0.6) is 0 Å². The summed E-state index contributed by atoms with van der Waals surface area (Å²) in [5.74, 6) is 0.823. The molecule has 2 aliphatic heterocycles. The second kappa shape index (κ2) is 12.0. The minimum absolute atomic E-state index is 0.0274. The standard InChI is InChI=1S/C34H48O10/c1-17-13-25(43-31(41)21(17)16-42-32-30(40)29(39)28(38)26(15-36)44-32)20(14-35)23-10-9-22-19-8-7-18-5-4-6-27(37)34(18,3)24(19)11-12-33(22,23)2/h4,6-7,19-20,22-26,28-30,32,35-36,38-40H,5,8-16H2,1-3H3/t19-,20-,22-,23+,24-,25+,26+,28+,29-,30+,32+,33-,34-/m0/s1. The summed E-state index contributed by atoms with van der Waals surface area (Å²) >= 11 is 0. The number of aliphatic hydroxyl groups excluding tert-OH is 5. The molecule has 0 unspecified atom stereocenters. The van der Waals surface area contributed by atoms with Gasteiger partial charge < -0.3 is 39.7 Å². The Kier molecular flexibility index (Phi) is 8.76. The van der Waals surface area contributed by atoms with Gasteiger partial charge in [0.1, 0.15) is 30.5 Å². The van der Waals surface area contributed by atoms with E-state index in [-0.39, 0.29) is 41.8 Å². The minimum Gasteiger partial charge on any atom is -0.458 e. The lowest BCUT2D eigenvalue weighted by molar-refractivity contribution is -0.299. The summed E-state index contributed by atoms with van der Waals surface area (Å²) in [6.45, 7) is 5.44. The van der Waals surface area contributed by atoms with Gasteiger partial charge in [0.25, 0.3) is 0 Å². The molecule has 3 fully saturated rings. The maximum absolute atomic E-state index is 13.3. The third-order valence-electron chi connectivity index (χ3n) is 12.6. The van der Waals surface area contributed by atoms with E-state index in [2.05, 4.69) is 19.9 Å². The van der Waals surface area contributed by atoms with Crippen LogP contribution < -0.4 is 0 Å². The lowest BCUT2D eigenvalue weighted by atomic mass is 9.47. The molecular weight excluding hydrogens is 568 g/mol. The fraction of sp³-hybridized carbons (Fsp3) is 0.765. The van der Waals surface area contributed by atoms with E-state index < -0.39 is 54.8 Å². The van der Waals surface area contributed by atoms with Crippen molar-refractivity contribution in [3.05, 3.63) is 34.9 Å². The highest BCUT2D eigenvalue weighted by Gasteiger charge is 2.61. The molecule has 6 rings (SSSR count). The van der Waals surface area contributed by atoms with Crippen molar-refractivity contribution in [3.63, 3.8) is 0 Å². The third-order valence-corrected chi connectivity index (χ3v) is 12.6. The van der Waals surface area contributed by atoms with Crippen molar-refractivity contribution in [3.8, 4) is 0 Å². The summed E-state index contributed by atoms with van der Waals surface area (Å²) < 4.78 is 17.0. The lowest BCUT2D eigenvalue weighted by Crippen LogP contribution is -2.59. The number of hydrogen-bond acceptors (Lipinski definition) is 10. The SMILES string of the molecule is CC1=C(CO[C@@H]2O[C@H](CO)[C@@H](O)[C@H](O)[C@H]2O)C(=O)O[C@@H]([C@@H](CO)[C@H]2CC[C@H]3[C@@H]4CC=C5CC=CC(=O)[C@]5(C)[C@H]4CC[C@]23C)C1. The second-order valence-electron chi connectivity index (χ2n) is 14.5. The summed E-state index contributed by atoms with van der Waals surface area (Å²) in [4.78, 5) is 26.5. The van der Waals surface area contributed by atoms with Crippen molar-refractivity contribution in [1.29, 1.82) is 0 Å². The molecule has 244 valence electrons. The van der Waals surface area contributed by atoms with Crippen molar-refractivity contribution in [2.75, 3.05) is 19.8 Å². The molecule has 10 nitrogen and oxygen atoms in total. The molecule has 0 spiro atoms. The monoisotopic (exact) mass is 616 g/mol. The molecule has 0 radical (unpaired) electrons. The van der Waals surface area contributed by atoms with Gasteiger partial charge in [-0.2, -0.15) is 0 Å². The van der Waals surface area contributed by atoms with Crippen LogP contribution in [-0.4, -0.2) is 93.9 Å². The van der Waals surface area contributed by atoms with E-state index >= 15 is 0 Å². The molecule has 5 N–H and O–H groups in total. The number of cyclic esters (lactones) is 1. The van der Waals surface area contributed by atoms with E-state index in [0.717, 1.165) is 44.1 Å². The largest absolute Gasteiger partial charge is 0.458 e. The molecule has 0 bridgehead atoms. The Morgan fingerprint density at radius 1 is 1.05 bits per heavy atom. The first-order valence-electron chi connectivity index (χ1n) is 16.3. The molecule has 0 amide bonds. The maximum atomic E-state index is 13.3. The topological polar surface area (TPSA) is 163 Å². The lowest BCUT2D eigenvalue weighted by Gasteiger charge is -2.57. The summed E-state index contributed by atoms with van der Waals surface area (Å²) in [5.41, 5.74) is 1.89. The fourth-order valence-corrected chi connectivity index (χ4v) is 10.1. The number of carbonyl (C=O) groups excluding carboxylic acids is 2. The maximum Gasteiger partial charge on any atom is 0.336 e. The van der Waals surface area contributed by atoms with Gasteiger partial charge >= 0.3 is 5.97 Å². The van der Waals surface area contributed by atoms with E-state index in [9.17, 15) is 35.1 Å². The van der Waals surface area contributed by atoms with E-state index in [0.29, 0.717) is 24.2 Å². The molecule has 13 atom stereocenters. The molecule has 0 aromatic carbocycles. The molecular formula is C34H48O10. The van der Waals surface area contributed by atoms with Gasteiger partial charge in [0.2, 0.25) is 0 Å². The number of hydrogen-bond donors (Lipinski definition) is 5. The molecule has 4 aliphatic carbocycles. The highest BCUT2D eigenvalue weighted by atomic mass is 16.7. The second-order valence-corrected chi connectivity index (χ2v) is 14.5. The average Bonchev–Trinajstić information content (AvgIpc) is 3.34. The Morgan fingerprint density at radius 3 is 2.52 bits per heavy atom. The first kappa shape index (κ1) is 32.0. The number of ketones is 1. The molecule has 2 heterocycles. The number of esters is 1. The Balaban J connectivity index is 1.15. The van der Waals surface area contributed by atoms with Crippen LogP contribution in [-0.2, 0) is 23.8 Å². The van der Waals surface area contributed by atoms with Gasteiger partial charge in [0.15, 0.2) is 12.1 Å². The fourth-order valence-electron chi connectivity index (χ4n) is 10.1. The van der Waals surface area contributed by atoms with Crippen LogP contribution in [0.1, 0.15) is 65.7 Å². The Bertz CT molecular complexity index is 1240. The zero-order valence-corrected chi connectivity index (χ0v) is 25.9. The van der Waals surface area contributed by atoms with Gasteiger partial charge in [0.05, 0.1) is 24.2 Å². The van der Waals surface area contributed by atoms with Crippen LogP contribution in [0.15, 0.2) is 34.9 Å². The van der Waals surface area contributed by atoms with Gasteiger partial charge in [-0.1, -0.05) is 30.2 Å². The van der Waals surface area contributed by atoms with Gasteiger partial charge in [-0.3, -0.25) is 4.79 Å². The van der Waals surface area contributed by atoms with E-state index in [1.165, 1.54) is 5.57 Å². The van der Waals surface area contributed by atoms with Gasteiger partial charge in [-0.25, -0.2) is 4.79 Å². The van der Waals surface area contributed by atoms with Crippen molar-refractivity contribution in [2.45, 2.75) is 103 Å². The Labute approximate surface area is 258 Å². The molecule has 0 aromatic heterocycles. The predicted octanol–water partition coefficient (Wildman–Crippen LogP) is 1.97. The van der Waals surface area contributed by atoms with Gasteiger partial charge in [-0.15, -0.1) is 0 Å². The normalized spacial score (nSPS) is 46.1. The number of allylic oxidation sites excluding steroid dienone is 4. The minimum atomic E-state index is -1.57. The van der Waals surface area contributed by atoms with E-state index in [1.807, 2.05) is 13.0 Å². The summed E-state index contributed by atoms with van der Waals surface area (Å²) in [6.07, 6.45) is 4.76. The van der Waals surface area contributed by atoms with Crippen molar-refractivity contribution < 1.29 is 49.3 Å². The smallest absolute Gasteiger partial charge is 0.336 e. The van der Waals surface area contributed by atoms with E-state index in [4.69, 9.17) is 14.2 Å². The number of carbonyl (C=O) groups is 2. The van der Waals surface area contributed by atoms with Gasteiger partial charge in [-0.05, 0) is 87.5 Å². The van der Waals surface area contributed by atoms with Crippen molar-refractivity contribution in [1.82, 2.24) is 0 Å². The molecule has 6 aliphatic rings. The number of aliphatic hydroxyl groups is 5. The number of rotatable bonds is 7. The zero-order chi connectivity index (χ0) is 31.6. The first-order chi connectivity index (χ1) is 20.9. The molecule has 0 aromatic rings. The first-order valence-corrected chi connectivity index (χ1v) is 16.3. The summed E-state index contributed by atoms with van der Waals surface area (Å²) in [7, 11) is 0. The Morgan fingerprint density at radius 2 is 1.82 bits per heavy atom. The van der Waals surface area contributed by atoms with Crippen molar-refractivity contribution >= 4 is 11.8 Å². The van der Waals surface area contributed by atoms with Crippen LogP contribution in [0.4, 0.5) is 0 Å². The van der Waals surface area contributed by atoms with E-state index in [1.54, 1.807) is 6.08 Å². The summed E-state index contributed by atoms with van der Waals surface area (Å²) in [5, 5.41) is 50.6. The molecule has 1 saturated heterocycles. The van der Waals surface area contributed by atoms with Crippen LogP contribution in [0.25, 0.3) is 0 Å². The van der Waals surface area contributed by atoms with Crippen LogP contribution in [0.2, 0.25) is 0 Å². The number of ether oxygens (including phenoxy) is 3. The van der Waals surface area contributed by atoms with Crippen LogP contribution in [0.3, 0.4) is 0 Å². The molecule has 44 heavy (non-hydrogen) atoms. The van der Waals surface area contributed by atoms with Crippen LogP contribution in [0, 0.1) is 40.4 Å². The quantitative estimate of drug-likeness (QED) is 0.211. The Hall–Kier alpha value is -1.92. The zero-order valence-electron chi connectivity index (χ0n) is 25.9. The van der Waals surface area contributed by atoms with Crippen molar-refractivity contribution in [2.24, 2.45) is 40.4 Å². The summed E-state index contributed by atoms with van der Waals surface area (Å²) in [6, 6.07) is 0. The molecule has 10 heteroatoms. The third kappa shape index (κ3) is 4.96. The predicted molar refractivity (Wildman–Crippen MR) is 158 cm³/mol.